The maximum Gasteiger partial charge on any atom is 0.490 e. The fraction of sp³-hybridized carbons (Fsp3) is 0.625. The Morgan fingerprint density at radius 1 is 1.17 bits per heavy atom. The fourth-order valence-corrected chi connectivity index (χ4v) is 4.53. The van der Waals surface area contributed by atoms with Gasteiger partial charge in [0.05, 0.1) is 19.7 Å². The van der Waals surface area contributed by atoms with Crippen LogP contribution in [0.5, 0.6) is 0 Å². The van der Waals surface area contributed by atoms with Gasteiger partial charge in [-0.05, 0) is 44.9 Å². The van der Waals surface area contributed by atoms with Crippen LogP contribution in [0.25, 0.3) is 0 Å². The summed E-state index contributed by atoms with van der Waals surface area (Å²) in [6.45, 7) is 6.42. The quantitative estimate of drug-likeness (QED) is 0.629. The van der Waals surface area contributed by atoms with Gasteiger partial charge >= 0.3 is 12.1 Å². The number of hydrogen-bond acceptors (Lipinski definition) is 6. The van der Waals surface area contributed by atoms with E-state index in [2.05, 4.69) is 10.2 Å². The van der Waals surface area contributed by atoms with E-state index in [9.17, 15) is 22.8 Å². The van der Waals surface area contributed by atoms with Gasteiger partial charge in [-0.3, -0.25) is 14.5 Å². The van der Waals surface area contributed by atoms with Crippen molar-refractivity contribution in [3.8, 4) is 0 Å². The molecule has 3 heterocycles. The first-order chi connectivity index (χ1) is 16.9. The molecular weight excluding hydrogens is 483 g/mol. The van der Waals surface area contributed by atoms with Gasteiger partial charge in [-0.2, -0.15) is 13.2 Å². The smallest absolute Gasteiger partial charge is 0.475 e. The Bertz CT molecular complexity index is 945. The molecule has 9 nitrogen and oxygen atoms in total. The third-order valence-electron chi connectivity index (χ3n) is 6.58. The number of likely N-dealkylation sites (tertiary alicyclic amines) is 1. The van der Waals surface area contributed by atoms with E-state index >= 15 is 0 Å². The van der Waals surface area contributed by atoms with Crippen LogP contribution >= 0.6 is 0 Å². The molecule has 1 unspecified atom stereocenters. The lowest BCUT2D eigenvalue weighted by atomic mass is 9.89. The zero-order valence-corrected chi connectivity index (χ0v) is 20.3. The van der Waals surface area contributed by atoms with E-state index in [-0.39, 0.29) is 23.5 Å². The van der Waals surface area contributed by atoms with Crippen LogP contribution in [-0.4, -0.2) is 104 Å². The van der Waals surface area contributed by atoms with E-state index in [0.29, 0.717) is 38.7 Å². The molecule has 2 amide bonds. The van der Waals surface area contributed by atoms with Crippen molar-refractivity contribution in [2.75, 3.05) is 53.0 Å². The Hall–Kier alpha value is -2.70. The maximum atomic E-state index is 12.7. The van der Waals surface area contributed by atoms with Crippen molar-refractivity contribution in [1.82, 2.24) is 15.1 Å². The van der Waals surface area contributed by atoms with Crippen molar-refractivity contribution < 1.29 is 42.1 Å². The number of hydrogen-bond donors (Lipinski definition) is 2. The first-order valence-electron chi connectivity index (χ1n) is 11.8. The number of alkyl halides is 3. The molecular formula is C24H32F3N3O6. The van der Waals surface area contributed by atoms with Crippen molar-refractivity contribution in [2.45, 2.75) is 37.6 Å². The van der Waals surface area contributed by atoms with E-state index in [1.54, 1.807) is 0 Å². The molecule has 0 bridgehead atoms. The van der Waals surface area contributed by atoms with E-state index in [1.807, 2.05) is 43.1 Å². The largest absolute Gasteiger partial charge is 0.490 e. The summed E-state index contributed by atoms with van der Waals surface area (Å²) in [7, 11) is 1.97. The van der Waals surface area contributed by atoms with Gasteiger partial charge in [0.15, 0.2) is 0 Å². The number of nitrogens with zero attached hydrogens (tertiary/aromatic N) is 2. The molecule has 0 aromatic heterocycles. The molecule has 12 heteroatoms. The molecule has 0 radical (unpaired) electrons. The zero-order valence-electron chi connectivity index (χ0n) is 20.3. The number of nitrogens with one attached hydrogen (secondary N) is 1. The number of amides is 2. The minimum absolute atomic E-state index is 0.0286. The summed E-state index contributed by atoms with van der Waals surface area (Å²) in [5.74, 6) is -2.18. The summed E-state index contributed by atoms with van der Waals surface area (Å²) in [6, 6.07) is 7.39. The number of benzene rings is 1. The number of aliphatic carboxylic acids is 1. The normalized spacial score (nSPS) is 22.2. The summed E-state index contributed by atoms with van der Waals surface area (Å²) in [5, 5.41) is 10.2. The molecule has 36 heavy (non-hydrogen) atoms. The highest BCUT2D eigenvalue weighted by Gasteiger charge is 2.51. The van der Waals surface area contributed by atoms with E-state index in [0.717, 1.165) is 37.2 Å². The molecule has 1 aromatic rings. The topological polar surface area (TPSA) is 108 Å². The van der Waals surface area contributed by atoms with Crippen LogP contribution in [0.2, 0.25) is 0 Å². The van der Waals surface area contributed by atoms with Crippen molar-refractivity contribution in [3.05, 3.63) is 35.4 Å². The number of carbonyl (C=O) groups excluding carboxylic acids is 2. The number of carbonyl (C=O) groups is 3. The first-order valence-corrected chi connectivity index (χ1v) is 11.8. The molecule has 2 N–H and O–H groups in total. The number of ether oxygens (including phenoxy) is 2. The summed E-state index contributed by atoms with van der Waals surface area (Å²) in [6.07, 6.45) is -3.07. The molecule has 3 fully saturated rings. The highest BCUT2D eigenvalue weighted by molar-refractivity contribution is 5.95. The van der Waals surface area contributed by atoms with Crippen molar-refractivity contribution >= 4 is 17.8 Å². The molecule has 1 atom stereocenters. The van der Waals surface area contributed by atoms with Gasteiger partial charge < -0.3 is 24.8 Å². The Morgan fingerprint density at radius 2 is 1.81 bits per heavy atom. The van der Waals surface area contributed by atoms with Crippen molar-refractivity contribution in [1.29, 1.82) is 0 Å². The Kier molecular flexibility index (Phi) is 8.96. The van der Waals surface area contributed by atoms with Gasteiger partial charge in [0.25, 0.3) is 5.91 Å². The number of rotatable bonds is 4. The zero-order chi connectivity index (χ0) is 26.5. The fourth-order valence-electron chi connectivity index (χ4n) is 4.53. The van der Waals surface area contributed by atoms with Crippen molar-refractivity contribution in [2.24, 2.45) is 5.92 Å². The van der Waals surface area contributed by atoms with Gasteiger partial charge in [-0.1, -0.05) is 17.7 Å². The molecule has 200 valence electrons. The second-order valence-electron chi connectivity index (χ2n) is 9.56. The van der Waals surface area contributed by atoms with Crippen LogP contribution in [0.4, 0.5) is 13.2 Å². The van der Waals surface area contributed by atoms with Gasteiger partial charge in [-0.25, -0.2) is 4.79 Å². The molecule has 3 aliphatic heterocycles. The van der Waals surface area contributed by atoms with Crippen LogP contribution in [0.3, 0.4) is 0 Å². The SMILES string of the molecule is Cc1cccc(C(=O)N2CC3(C2)CN(C)C(C(=O)NCC2CCOCC2)CO3)c1.O=C(O)C(F)(F)F. The molecule has 1 spiro atoms. The molecule has 1 aromatic carbocycles. The summed E-state index contributed by atoms with van der Waals surface area (Å²) in [5.41, 5.74) is 1.44. The van der Waals surface area contributed by atoms with Crippen LogP contribution in [0.15, 0.2) is 24.3 Å². The third kappa shape index (κ3) is 7.17. The standard InChI is InChI=1S/C22H31N3O4.C2HF3O2/c1-16-4-3-5-18(10-16)21(27)25-14-22(15-25)13-24(2)19(12-29-22)20(26)23-11-17-6-8-28-9-7-17;3-2(4,5)1(6)7/h3-5,10,17,19H,6-9,11-15H2,1-2H3,(H,23,26);(H,6,7). The predicted molar refractivity (Wildman–Crippen MR) is 122 cm³/mol. The molecule has 0 aliphatic carbocycles. The second kappa shape index (κ2) is 11.6. The lowest BCUT2D eigenvalue weighted by Gasteiger charge is -2.54. The molecule has 4 rings (SSSR count). The Balaban J connectivity index is 0.000000454. The summed E-state index contributed by atoms with van der Waals surface area (Å²) >= 11 is 0. The number of halogens is 3. The number of carboxylic acids is 1. The minimum Gasteiger partial charge on any atom is -0.475 e. The molecule has 0 saturated carbocycles. The van der Waals surface area contributed by atoms with Gasteiger partial charge in [0.2, 0.25) is 5.91 Å². The number of likely N-dealkylation sites (N-methyl/N-ethyl adjacent to an activating group) is 1. The van der Waals surface area contributed by atoms with Gasteiger partial charge in [-0.15, -0.1) is 0 Å². The van der Waals surface area contributed by atoms with Crippen molar-refractivity contribution in [3.63, 3.8) is 0 Å². The summed E-state index contributed by atoms with van der Waals surface area (Å²) in [4.78, 5) is 38.1. The van der Waals surface area contributed by atoms with E-state index < -0.39 is 12.1 Å². The number of morpholine rings is 1. The van der Waals surface area contributed by atoms with Crippen LogP contribution in [-0.2, 0) is 19.1 Å². The Labute approximate surface area is 207 Å². The van der Waals surface area contributed by atoms with Crippen LogP contribution in [0, 0.1) is 12.8 Å². The monoisotopic (exact) mass is 515 g/mol. The lowest BCUT2D eigenvalue weighted by Crippen LogP contribution is -2.73. The first kappa shape index (κ1) is 27.9. The molecule has 3 aliphatic rings. The van der Waals surface area contributed by atoms with E-state index in [1.165, 1.54) is 0 Å². The van der Waals surface area contributed by atoms with Crippen LogP contribution < -0.4 is 5.32 Å². The Morgan fingerprint density at radius 3 is 2.36 bits per heavy atom. The maximum absolute atomic E-state index is 12.7. The van der Waals surface area contributed by atoms with Gasteiger partial charge in [0, 0.05) is 31.9 Å². The van der Waals surface area contributed by atoms with E-state index in [4.69, 9.17) is 19.4 Å². The summed E-state index contributed by atoms with van der Waals surface area (Å²) < 4.78 is 43.2. The number of carboxylic acid groups (broad SMARTS) is 1. The molecule has 3 saturated heterocycles. The van der Waals surface area contributed by atoms with Gasteiger partial charge in [0.1, 0.15) is 11.6 Å². The lowest BCUT2D eigenvalue weighted by molar-refractivity contribution is -0.192. The average molecular weight is 516 g/mol. The van der Waals surface area contributed by atoms with Crippen LogP contribution in [0.1, 0.15) is 28.8 Å². The highest BCUT2D eigenvalue weighted by Crippen LogP contribution is 2.31. The minimum atomic E-state index is -5.08. The predicted octanol–water partition coefficient (Wildman–Crippen LogP) is 1.70. The third-order valence-corrected chi connectivity index (χ3v) is 6.58. The highest BCUT2D eigenvalue weighted by atomic mass is 19.4. The average Bonchev–Trinajstić information content (AvgIpc) is 2.81. The second-order valence-corrected chi connectivity index (χ2v) is 9.56. The number of aryl methyl sites for hydroxylation is 1.